The minimum atomic E-state index is -0.765. The third kappa shape index (κ3) is 4.15. The van der Waals surface area contributed by atoms with Crippen molar-refractivity contribution in [1.82, 2.24) is 9.78 Å². The molecule has 11 heteroatoms. The van der Waals surface area contributed by atoms with E-state index in [1.165, 1.54) is 42.0 Å². The van der Waals surface area contributed by atoms with Gasteiger partial charge in [-0.15, -0.1) is 0 Å². The lowest BCUT2D eigenvalue weighted by Gasteiger charge is -2.31. The van der Waals surface area contributed by atoms with Crippen LogP contribution in [-0.4, -0.2) is 54.8 Å². The van der Waals surface area contributed by atoms with Crippen LogP contribution in [0, 0.1) is 5.82 Å². The molecule has 2 aromatic carbocycles. The van der Waals surface area contributed by atoms with Crippen molar-refractivity contribution in [3.05, 3.63) is 59.2 Å². The van der Waals surface area contributed by atoms with Crippen molar-refractivity contribution in [2.24, 2.45) is 5.73 Å². The minimum Gasteiger partial charge on any atom is -0.494 e. The van der Waals surface area contributed by atoms with Gasteiger partial charge in [-0.1, -0.05) is 0 Å². The number of halogens is 1. The lowest BCUT2D eigenvalue weighted by molar-refractivity contribution is -0.119. The van der Waals surface area contributed by atoms with Crippen molar-refractivity contribution in [3.63, 3.8) is 0 Å². The molecule has 1 aromatic heterocycles. The van der Waals surface area contributed by atoms with Crippen molar-refractivity contribution in [3.8, 4) is 17.2 Å². The van der Waals surface area contributed by atoms with E-state index in [0.717, 1.165) is 12.8 Å². The normalized spacial score (nSPS) is 15.5. The van der Waals surface area contributed by atoms with E-state index >= 15 is 0 Å². The molecule has 2 N–H and O–H groups in total. The highest BCUT2D eigenvalue weighted by Gasteiger charge is 2.36. The Morgan fingerprint density at radius 2 is 1.68 bits per heavy atom. The number of fused-ring (bicyclic) bond motifs is 1. The average molecular weight is 508 g/mol. The quantitative estimate of drug-likeness (QED) is 0.548. The molecule has 0 saturated carbocycles. The van der Waals surface area contributed by atoms with Gasteiger partial charge < -0.3 is 25.0 Å². The van der Waals surface area contributed by atoms with Crippen molar-refractivity contribution in [1.29, 1.82) is 0 Å². The van der Waals surface area contributed by atoms with Crippen LogP contribution >= 0.6 is 0 Å². The standard InChI is InChI=1S/C26H26FN5O5/c1-36-20-14-16(6-8-18(20)27)32-24-17(23(29-32)25(28)34)10-12-31(26(24)35)19-9-7-15(13-21(19)37-2)30-11-4-3-5-22(30)33/h6-9,13-14H,3-5,10-12H2,1-2H3,(H2,28,34). The van der Waals surface area contributed by atoms with Crippen LogP contribution in [0.15, 0.2) is 36.4 Å². The first-order valence-corrected chi connectivity index (χ1v) is 11.9. The molecule has 1 saturated heterocycles. The second-order valence-electron chi connectivity index (χ2n) is 8.84. The van der Waals surface area contributed by atoms with E-state index in [1.54, 1.807) is 23.1 Å². The summed E-state index contributed by atoms with van der Waals surface area (Å²) in [5.41, 5.74) is 7.67. The SMILES string of the molecule is COc1cc(-n2nc(C(N)=O)c3c2C(=O)N(c2ccc(N4CCCCC4=O)cc2OC)CC3)ccc1F. The molecule has 0 unspecified atom stereocenters. The number of anilines is 2. The van der Waals surface area contributed by atoms with Crippen molar-refractivity contribution >= 4 is 29.1 Å². The Balaban J connectivity index is 1.57. The zero-order valence-corrected chi connectivity index (χ0v) is 20.5. The molecule has 0 spiro atoms. The van der Waals surface area contributed by atoms with E-state index in [9.17, 15) is 18.8 Å². The molecule has 3 heterocycles. The highest BCUT2D eigenvalue weighted by atomic mass is 19.1. The zero-order valence-electron chi connectivity index (χ0n) is 20.5. The first-order chi connectivity index (χ1) is 17.8. The molecule has 1 fully saturated rings. The number of nitrogens with two attached hydrogens (primary N) is 1. The molecule has 2 aliphatic heterocycles. The summed E-state index contributed by atoms with van der Waals surface area (Å²) < 4.78 is 26.0. The maximum Gasteiger partial charge on any atom is 0.277 e. The lowest BCUT2D eigenvalue weighted by atomic mass is 10.0. The number of rotatable bonds is 6. The van der Waals surface area contributed by atoms with E-state index in [2.05, 4.69) is 5.10 Å². The molecule has 10 nitrogen and oxygen atoms in total. The summed E-state index contributed by atoms with van der Waals surface area (Å²) in [4.78, 5) is 41.7. The summed E-state index contributed by atoms with van der Waals surface area (Å²) in [6, 6.07) is 9.31. The van der Waals surface area contributed by atoms with Gasteiger partial charge in [0, 0.05) is 42.9 Å². The summed E-state index contributed by atoms with van der Waals surface area (Å²) >= 11 is 0. The Kier molecular flexibility index (Phi) is 6.28. The maximum atomic E-state index is 14.1. The van der Waals surface area contributed by atoms with Crippen molar-refractivity contribution < 1.29 is 28.2 Å². The van der Waals surface area contributed by atoms with Crippen LogP contribution in [0.5, 0.6) is 11.5 Å². The molecule has 0 aliphatic carbocycles. The van der Waals surface area contributed by atoms with Crippen LogP contribution in [0.2, 0.25) is 0 Å². The van der Waals surface area contributed by atoms with Crippen LogP contribution in [0.25, 0.3) is 5.69 Å². The smallest absolute Gasteiger partial charge is 0.277 e. The number of hydrogen-bond donors (Lipinski definition) is 1. The average Bonchev–Trinajstić information content (AvgIpc) is 3.30. The number of amides is 3. The van der Waals surface area contributed by atoms with Gasteiger partial charge in [0.05, 0.1) is 25.6 Å². The van der Waals surface area contributed by atoms with Crippen molar-refractivity contribution in [2.45, 2.75) is 25.7 Å². The summed E-state index contributed by atoms with van der Waals surface area (Å²) in [7, 11) is 2.83. The number of carbonyl (C=O) groups is 3. The molecule has 5 rings (SSSR count). The summed E-state index contributed by atoms with van der Waals surface area (Å²) in [6.45, 7) is 0.881. The lowest BCUT2D eigenvalue weighted by Crippen LogP contribution is -2.39. The number of benzene rings is 2. The second kappa shape index (κ2) is 9.57. The molecular weight excluding hydrogens is 481 g/mol. The third-order valence-corrected chi connectivity index (χ3v) is 6.72. The number of aromatic nitrogens is 2. The minimum absolute atomic E-state index is 0.0165. The van der Waals surface area contributed by atoms with Gasteiger partial charge in [-0.2, -0.15) is 5.10 Å². The Morgan fingerprint density at radius 1 is 0.946 bits per heavy atom. The monoisotopic (exact) mass is 507 g/mol. The van der Waals surface area contributed by atoms with Gasteiger partial charge in [0.15, 0.2) is 17.3 Å². The van der Waals surface area contributed by atoms with Gasteiger partial charge in [-0.25, -0.2) is 9.07 Å². The highest BCUT2D eigenvalue weighted by molar-refractivity contribution is 6.10. The molecule has 0 bridgehead atoms. The van der Waals surface area contributed by atoms with E-state index in [4.69, 9.17) is 15.2 Å². The molecule has 3 amide bonds. The molecule has 2 aliphatic rings. The molecular formula is C26H26FN5O5. The number of carbonyl (C=O) groups excluding carboxylic acids is 3. The molecule has 0 atom stereocenters. The Morgan fingerprint density at radius 3 is 2.38 bits per heavy atom. The maximum absolute atomic E-state index is 14.1. The fraction of sp³-hybridized carbons (Fsp3) is 0.308. The topological polar surface area (TPSA) is 120 Å². The molecule has 0 radical (unpaired) electrons. The number of nitrogens with zero attached hydrogens (tertiary/aromatic N) is 4. The largest absolute Gasteiger partial charge is 0.494 e. The second-order valence-corrected chi connectivity index (χ2v) is 8.84. The summed E-state index contributed by atoms with van der Waals surface area (Å²) in [5, 5.41) is 4.31. The fourth-order valence-corrected chi connectivity index (χ4v) is 4.89. The Hall–Kier alpha value is -4.41. The zero-order chi connectivity index (χ0) is 26.3. The molecule has 192 valence electrons. The van der Waals surface area contributed by atoms with Crippen LogP contribution < -0.4 is 25.0 Å². The number of methoxy groups -OCH3 is 2. The first-order valence-electron chi connectivity index (χ1n) is 11.9. The Labute approximate surface area is 212 Å². The predicted molar refractivity (Wildman–Crippen MR) is 133 cm³/mol. The van der Waals surface area contributed by atoms with Crippen LogP contribution in [0.1, 0.15) is 45.8 Å². The van der Waals surface area contributed by atoms with Crippen molar-refractivity contribution in [2.75, 3.05) is 37.1 Å². The van der Waals surface area contributed by atoms with Gasteiger partial charge in [-0.3, -0.25) is 14.4 Å². The van der Waals surface area contributed by atoms with Gasteiger partial charge in [0.1, 0.15) is 11.4 Å². The van der Waals surface area contributed by atoms with E-state index in [0.29, 0.717) is 47.8 Å². The number of piperidine rings is 1. The van der Waals surface area contributed by atoms with Gasteiger partial charge in [0.2, 0.25) is 5.91 Å². The fourth-order valence-electron chi connectivity index (χ4n) is 4.89. The predicted octanol–water partition coefficient (Wildman–Crippen LogP) is 2.85. The number of primary amides is 1. The first kappa shape index (κ1) is 24.3. The van der Waals surface area contributed by atoms with Gasteiger partial charge in [-0.05, 0) is 43.5 Å². The van der Waals surface area contributed by atoms with E-state index in [-0.39, 0.29) is 29.6 Å². The van der Waals surface area contributed by atoms with Crippen LogP contribution in [0.3, 0.4) is 0 Å². The van der Waals surface area contributed by atoms with Crippen LogP contribution in [0.4, 0.5) is 15.8 Å². The Bertz CT molecular complexity index is 1420. The van der Waals surface area contributed by atoms with E-state index < -0.39 is 17.6 Å². The number of ether oxygens (including phenoxy) is 2. The molecule has 3 aromatic rings. The van der Waals surface area contributed by atoms with Gasteiger partial charge >= 0.3 is 0 Å². The molecule has 37 heavy (non-hydrogen) atoms. The highest BCUT2D eigenvalue weighted by Crippen LogP contribution is 2.37. The van der Waals surface area contributed by atoms with Gasteiger partial charge in [0.25, 0.3) is 11.8 Å². The number of hydrogen-bond acceptors (Lipinski definition) is 6. The summed E-state index contributed by atoms with van der Waals surface area (Å²) in [5.74, 6) is -1.32. The van der Waals surface area contributed by atoms with Crippen LogP contribution in [-0.2, 0) is 11.2 Å². The summed E-state index contributed by atoms with van der Waals surface area (Å²) in [6.07, 6.45) is 2.60. The van der Waals surface area contributed by atoms with E-state index in [1.807, 2.05) is 0 Å². The third-order valence-electron chi connectivity index (χ3n) is 6.72.